The fourth-order valence-corrected chi connectivity index (χ4v) is 5.43. The molecule has 1 aliphatic heterocycles. The van der Waals surface area contributed by atoms with Gasteiger partial charge in [-0.3, -0.25) is 14.5 Å². The van der Waals surface area contributed by atoms with E-state index in [0.717, 1.165) is 17.8 Å². The molecule has 3 aromatic rings. The van der Waals surface area contributed by atoms with E-state index in [9.17, 15) is 19.5 Å². The Bertz CT molecular complexity index is 1260. The number of aliphatic hydroxyl groups is 1. The molecule has 0 bridgehead atoms. The summed E-state index contributed by atoms with van der Waals surface area (Å²) in [5, 5.41) is 13.2. The van der Waals surface area contributed by atoms with Crippen LogP contribution in [-0.2, 0) is 14.3 Å². The zero-order valence-electron chi connectivity index (χ0n) is 18.7. The molecule has 0 saturated carbocycles. The Morgan fingerprint density at radius 1 is 1.21 bits per heavy atom. The first-order chi connectivity index (χ1) is 16.4. The first kappa shape index (κ1) is 23.7. The van der Waals surface area contributed by atoms with E-state index < -0.39 is 23.7 Å². The number of aryl methyl sites for hydroxylation is 1. The highest BCUT2D eigenvalue weighted by molar-refractivity contribution is 7.18. The van der Waals surface area contributed by atoms with E-state index in [4.69, 9.17) is 9.47 Å². The van der Waals surface area contributed by atoms with E-state index >= 15 is 0 Å². The number of ether oxygens (including phenoxy) is 2. The third-order valence-electron chi connectivity index (χ3n) is 5.22. The molecule has 176 valence electrons. The van der Waals surface area contributed by atoms with Crippen molar-refractivity contribution >= 4 is 51.2 Å². The average Bonchev–Trinajstić information content (AvgIpc) is 3.56. The molecule has 0 radical (unpaired) electrons. The van der Waals surface area contributed by atoms with E-state index in [-0.39, 0.29) is 21.3 Å². The number of aromatic nitrogens is 1. The number of ketones is 1. The van der Waals surface area contributed by atoms with Crippen LogP contribution in [0.4, 0.5) is 5.13 Å². The third kappa shape index (κ3) is 4.22. The molecule has 34 heavy (non-hydrogen) atoms. The van der Waals surface area contributed by atoms with E-state index in [1.807, 2.05) is 12.3 Å². The van der Waals surface area contributed by atoms with Crippen molar-refractivity contribution in [2.75, 3.05) is 18.6 Å². The second-order valence-electron chi connectivity index (χ2n) is 7.46. The van der Waals surface area contributed by atoms with Crippen molar-refractivity contribution in [1.29, 1.82) is 0 Å². The predicted molar refractivity (Wildman–Crippen MR) is 130 cm³/mol. The van der Waals surface area contributed by atoms with Crippen LogP contribution in [0.15, 0.2) is 47.4 Å². The second-order valence-corrected chi connectivity index (χ2v) is 9.42. The van der Waals surface area contributed by atoms with Crippen LogP contribution in [0.3, 0.4) is 0 Å². The van der Waals surface area contributed by atoms with E-state index in [0.29, 0.717) is 28.5 Å². The molecule has 4 rings (SSSR count). The van der Waals surface area contributed by atoms with Crippen LogP contribution in [0.5, 0.6) is 5.75 Å². The molecule has 1 N–H and O–H groups in total. The topological polar surface area (TPSA) is 106 Å². The van der Waals surface area contributed by atoms with E-state index in [1.165, 1.54) is 23.3 Å². The summed E-state index contributed by atoms with van der Waals surface area (Å²) in [7, 11) is 1.26. The summed E-state index contributed by atoms with van der Waals surface area (Å²) in [5.74, 6) is -1.87. The van der Waals surface area contributed by atoms with Crippen LogP contribution < -0.4 is 9.64 Å². The Morgan fingerprint density at radius 3 is 2.56 bits per heavy atom. The van der Waals surface area contributed by atoms with Crippen molar-refractivity contribution in [2.45, 2.75) is 26.3 Å². The van der Waals surface area contributed by atoms with Crippen LogP contribution in [-0.4, -0.2) is 41.5 Å². The lowest BCUT2D eigenvalue weighted by atomic mass is 10.00. The molecule has 1 amide bonds. The number of aliphatic hydroxyl groups excluding tert-OH is 1. The van der Waals surface area contributed by atoms with Crippen LogP contribution in [0.2, 0.25) is 0 Å². The second kappa shape index (κ2) is 9.78. The van der Waals surface area contributed by atoms with Gasteiger partial charge in [0.05, 0.1) is 25.0 Å². The molecule has 3 heterocycles. The van der Waals surface area contributed by atoms with Gasteiger partial charge in [0.25, 0.3) is 5.78 Å². The zero-order chi connectivity index (χ0) is 24.4. The molecule has 1 saturated heterocycles. The standard InChI is InChI=1S/C24H22N2O6S2/c1-4-11-32-15-9-7-14(8-10-15)19(27)17-18(16-6-5-12-33-16)26(22(29)20(17)28)24-25-13(2)21(34-24)23(30)31-3/h5-10,12,18,27H,4,11H2,1-3H3/b19-17+. The lowest BCUT2D eigenvalue weighted by Crippen LogP contribution is -2.29. The first-order valence-corrected chi connectivity index (χ1v) is 12.2. The number of amides is 1. The van der Waals surface area contributed by atoms with Gasteiger partial charge in [0.2, 0.25) is 0 Å². The van der Waals surface area contributed by atoms with Crippen LogP contribution in [0.25, 0.3) is 5.76 Å². The van der Waals surface area contributed by atoms with Crippen LogP contribution in [0, 0.1) is 6.92 Å². The smallest absolute Gasteiger partial charge is 0.350 e. The third-order valence-corrected chi connectivity index (χ3v) is 7.28. The van der Waals surface area contributed by atoms with Crippen molar-refractivity contribution in [3.8, 4) is 5.75 Å². The predicted octanol–water partition coefficient (Wildman–Crippen LogP) is 4.71. The van der Waals surface area contributed by atoms with Crippen molar-refractivity contribution < 1.29 is 29.0 Å². The van der Waals surface area contributed by atoms with E-state index in [1.54, 1.807) is 43.3 Å². The van der Waals surface area contributed by atoms with Crippen molar-refractivity contribution in [3.05, 3.63) is 68.4 Å². The van der Waals surface area contributed by atoms with Gasteiger partial charge in [0, 0.05) is 10.4 Å². The summed E-state index contributed by atoms with van der Waals surface area (Å²) >= 11 is 2.31. The van der Waals surface area contributed by atoms with Gasteiger partial charge in [-0.15, -0.1) is 11.3 Å². The lowest BCUT2D eigenvalue weighted by Gasteiger charge is -2.21. The number of methoxy groups -OCH3 is 1. The Morgan fingerprint density at radius 2 is 1.94 bits per heavy atom. The van der Waals surface area contributed by atoms with Gasteiger partial charge in [0.15, 0.2) is 5.13 Å². The molecule has 1 aliphatic rings. The Hall–Kier alpha value is -3.50. The summed E-state index contributed by atoms with van der Waals surface area (Å²) in [6.07, 6.45) is 0.861. The highest BCUT2D eigenvalue weighted by Crippen LogP contribution is 2.45. The summed E-state index contributed by atoms with van der Waals surface area (Å²) in [4.78, 5) is 44.9. The minimum absolute atomic E-state index is 0.0397. The quantitative estimate of drug-likeness (QED) is 0.218. The summed E-state index contributed by atoms with van der Waals surface area (Å²) in [6.45, 7) is 4.20. The molecule has 0 spiro atoms. The highest BCUT2D eigenvalue weighted by atomic mass is 32.1. The average molecular weight is 499 g/mol. The number of Topliss-reactive ketones (excluding diaryl/α,β-unsaturated/α-hetero) is 1. The Labute approximate surface area is 204 Å². The number of nitrogens with zero attached hydrogens (tertiary/aromatic N) is 2. The van der Waals surface area contributed by atoms with Gasteiger partial charge in [-0.05, 0) is 49.1 Å². The lowest BCUT2D eigenvalue weighted by molar-refractivity contribution is -0.132. The van der Waals surface area contributed by atoms with Crippen molar-refractivity contribution in [2.24, 2.45) is 0 Å². The van der Waals surface area contributed by atoms with Crippen LogP contribution in [0.1, 0.15) is 45.2 Å². The van der Waals surface area contributed by atoms with Gasteiger partial charge in [-0.2, -0.15) is 0 Å². The molecule has 8 nitrogen and oxygen atoms in total. The fourth-order valence-electron chi connectivity index (χ4n) is 3.60. The fraction of sp³-hybridized carbons (Fsp3) is 0.250. The number of carbonyl (C=O) groups excluding carboxylic acids is 3. The minimum Gasteiger partial charge on any atom is -0.507 e. The molecule has 10 heteroatoms. The molecule has 1 fully saturated rings. The number of esters is 1. The Balaban J connectivity index is 1.81. The van der Waals surface area contributed by atoms with Gasteiger partial charge in [-0.1, -0.05) is 24.3 Å². The minimum atomic E-state index is -0.882. The molecule has 0 aliphatic carbocycles. The molecular formula is C24H22N2O6S2. The number of benzene rings is 1. The number of thiophene rings is 1. The summed E-state index contributed by atoms with van der Waals surface area (Å²) in [5.41, 5.74) is 0.734. The number of hydrogen-bond acceptors (Lipinski definition) is 9. The number of hydrogen-bond donors (Lipinski definition) is 1. The normalized spacial score (nSPS) is 17.3. The monoisotopic (exact) mass is 498 g/mol. The molecular weight excluding hydrogens is 476 g/mol. The molecule has 1 unspecified atom stereocenters. The maximum Gasteiger partial charge on any atom is 0.350 e. The maximum atomic E-state index is 13.2. The zero-order valence-corrected chi connectivity index (χ0v) is 20.4. The van der Waals surface area contributed by atoms with Crippen LogP contribution >= 0.6 is 22.7 Å². The first-order valence-electron chi connectivity index (χ1n) is 10.5. The number of thiazole rings is 1. The van der Waals surface area contributed by atoms with Gasteiger partial charge in [0.1, 0.15) is 22.4 Å². The molecule has 1 aromatic carbocycles. The summed E-state index contributed by atoms with van der Waals surface area (Å²) in [6, 6.07) is 9.39. The number of carbonyl (C=O) groups is 3. The van der Waals surface area contributed by atoms with E-state index in [2.05, 4.69) is 4.98 Å². The molecule has 2 aromatic heterocycles. The van der Waals surface area contributed by atoms with Gasteiger partial charge >= 0.3 is 11.9 Å². The summed E-state index contributed by atoms with van der Waals surface area (Å²) < 4.78 is 10.4. The van der Waals surface area contributed by atoms with Gasteiger partial charge < -0.3 is 14.6 Å². The largest absolute Gasteiger partial charge is 0.507 e. The van der Waals surface area contributed by atoms with Crippen molar-refractivity contribution in [1.82, 2.24) is 4.98 Å². The number of anilines is 1. The SMILES string of the molecule is CCCOc1ccc(/C(O)=C2\C(=O)C(=O)N(c3nc(C)c(C(=O)OC)s3)C2c2cccs2)cc1. The number of rotatable bonds is 7. The molecule has 1 atom stereocenters. The Kier molecular flexibility index (Phi) is 6.80. The maximum absolute atomic E-state index is 13.2. The highest BCUT2D eigenvalue weighted by Gasteiger charge is 2.48. The van der Waals surface area contributed by atoms with Gasteiger partial charge in [-0.25, -0.2) is 9.78 Å². The van der Waals surface area contributed by atoms with Crippen molar-refractivity contribution in [3.63, 3.8) is 0 Å².